The van der Waals surface area contributed by atoms with Crippen LogP contribution in [0.2, 0.25) is 0 Å². The molecule has 0 saturated heterocycles. The Hall–Kier alpha value is -2.91. The number of hydrogen-bond acceptors (Lipinski definition) is 6. The first kappa shape index (κ1) is 24.7. The fraction of sp³-hybridized carbons (Fsp3) is 0.292. The molecule has 33 heavy (non-hydrogen) atoms. The fourth-order valence-electron chi connectivity index (χ4n) is 3.04. The molecule has 0 atom stereocenters. The van der Waals surface area contributed by atoms with Crippen molar-refractivity contribution < 1.29 is 19.1 Å². The zero-order valence-corrected chi connectivity index (χ0v) is 19.9. The number of carbonyl (C=O) groups is 2. The minimum atomic E-state index is -0.967. The van der Waals surface area contributed by atoms with Crippen LogP contribution in [-0.2, 0) is 17.8 Å². The third-order valence-corrected chi connectivity index (χ3v) is 6.70. The molecule has 1 amide bonds. The number of thiazole rings is 1. The molecular formula is C24H26FN3O3S2. The number of benzene rings is 2. The van der Waals surface area contributed by atoms with Gasteiger partial charge in [0, 0.05) is 28.1 Å². The van der Waals surface area contributed by atoms with Gasteiger partial charge in [-0.2, -0.15) is 0 Å². The number of aromatic nitrogens is 1. The van der Waals surface area contributed by atoms with Gasteiger partial charge in [0.25, 0.3) is 5.91 Å². The number of halogens is 1. The third-order valence-electron chi connectivity index (χ3n) is 4.75. The van der Waals surface area contributed by atoms with Gasteiger partial charge in [-0.1, -0.05) is 31.9 Å². The molecule has 0 bridgehead atoms. The molecule has 3 N–H and O–H groups in total. The number of nitrogens with one attached hydrogen (secondary N) is 2. The Labute approximate surface area is 200 Å². The van der Waals surface area contributed by atoms with E-state index in [9.17, 15) is 14.0 Å². The van der Waals surface area contributed by atoms with Crippen LogP contribution in [0.15, 0.2) is 52.7 Å². The van der Waals surface area contributed by atoms with Crippen LogP contribution in [0.3, 0.4) is 0 Å². The fourth-order valence-corrected chi connectivity index (χ4v) is 4.80. The van der Waals surface area contributed by atoms with Gasteiger partial charge in [-0.25, -0.2) is 9.37 Å². The molecule has 0 saturated carbocycles. The number of carbonyl (C=O) groups excluding carboxylic acids is 1. The van der Waals surface area contributed by atoms with Crippen molar-refractivity contribution in [3.8, 4) is 0 Å². The van der Waals surface area contributed by atoms with E-state index in [-0.39, 0.29) is 18.1 Å². The molecule has 0 aliphatic carbocycles. The van der Waals surface area contributed by atoms with Crippen molar-refractivity contribution in [3.05, 3.63) is 70.5 Å². The number of thioether (sulfide) groups is 1. The summed E-state index contributed by atoms with van der Waals surface area (Å²) >= 11 is 2.84. The number of nitrogens with zero attached hydrogens (tertiary/aromatic N) is 1. The average Bonchev–Trinajstić information content (AvgIpc) is 3.22. The van der Waals surface area contributed by atoms with E-state index in [0.717, 1.165) is 41.2 Å². The molecule has 1 heterocycles. The number of aliphatic carboxylic acids is 1. The highest BCUT2D eigenvalue weighted by molar-refractivity contribution is 7.99. The minimum absolute atomic E-state index is 0.179. The van der Waals surface area contributed by atoms with Gasteiger partial charge < -0.3 is 10.4 Å². The molecule has 0 radical (unpaired) electrons. The molecule has 6 nitrogen and oxygen atoms in total. The van der Waals surface area contributed by atoms with Crippen molar-refractivity contribution in [2.45, 2.75) is 44.0 Å². The number of amides is 1. The lowest BCUT2D eigenvalue weighted by atomic mass is 10.1. The second kappa shape index (κ2) is 12.4. The van der Waals surface area contributed by atoms with Crippen LogP contribution in [-0.4, -0.2) is 27.7 Å². The van der Waals surface area contributed by atoms with Crippen molar-refractivity contribution in [1.29, 1.82) is 0 Å². The molecule has 0 unspecified atom stereocenters. The van der Waals surface area contributed by atoms with Gasteiger partial charge in [0.05, 0.1) is 12.1 Å². The third kappa shape index (κ3) is 7.87. The number of hydrogen-bond donors (Lipinski definition) is 3. The summed E-state index contributed by atoms with van der Waals surface area (Å²) in [5.41, 5.74) is 2.76. The predicted molar refractivity (Wildman–Crippen MR) is 132 cm³/mol. The van der Waals surface area contributed by atoms with Crippen molar-refractivity contribution in [1.82, 2.24) is 4.98 Å². The van der Waals surface area contributed by atoms with E-state index in [1.807, 2.05) is 12.1 Å². The summed E-state index contributed by atoms with van der Waals surface area (Å²) in [6, 6.07) is 11.9. The van der Waals surface area contributed by atoms with Crippen molar-refractivity contribution in [3.63, 3.8) is 0 Å². The minimum Gasteiger partial charge on any atom is -0.481 e. The molecule has 9 heteroatoms. The summed E-state index contributed by atoms with van der Waals surface area (Å²) in [6.07, 6.45) is 3.24. The number of carboxylic acids is 1. The van der Waals surface area contributed by atoms with E-state index in [1.54, 1.807) is 41.4 Å². The predicted octanol–water partition coefficient (Wildman–Crippen LogP) is 6.06. The summed E-state index contributed by atoms with van der Waals surface area (Å²) in [6.45, 7) is 2.70. The van der Waals surface area contributed by atoms with Crippen LogP contribution >= 0.6 is 23.1 Å². The van der Waals surface area contributed by atoms with Crippen LogP contribution in [0, 0.1) is 5.82 Å². The lowest BCUT2D eigenvalue weighted by molar-refractivity contribution is -0.136. The van der Waals surface area contributed by atoms with Crippen LogP contribution in [0.5, 0.6) is 0 Å². The highest BCUT2D eigenvalue weighted by Crippen LogP contribution is 2.29. The Bertz CT molecular complexity index is 1090. The van der Waals surface area contributed by atoms with E-state index < -0.39 is 5.97 Å². The van der Waals surface area contributed by atoms with E-state index >= 15 is 0 Å². The standard InChI is InChI=1S/C24H26FN3O3S2/c1-2-3-4-11-32-21-12-18(25)9-10-20(21)26-14-16-5-7-17(8-6-16)23(31)28-24-27-19(15-33-24)13-22(29)30/h5-10,12,15,26H,2-4,11,13-14H2,1H3,(H,29,30)(H,27,28,31). The van der Waals surface area contributed by atoms with E-state index in [1.165, 1.54) is 17.4 Å². The molecule has 1 aromatic heterocycles. The van der Waals surface area contributed by atoms with Crippen molar-refractivity contribution in [2.24, 2.45) is 0 Å². The van der Waals surface area contributed by atoms with Gasteiger partial charge in [0.15, 0.2) is 5.13 Å². The zero-order valence-electron chi connectivity index (χ0n) is 18.3. The van der Waals surface area contributed by atoms with Crippen LogP contribution in [0.1, 0.15) is 47.8 Å². The molecule has 2 aromatic carbocycles. The quantitative estimate of drug-likeness (QED) is 0.213. The Morgan fingerprint density at radius 1 is 1.15 bits per heavy atom. The first-order valence-corrected chi connectivity index (χ1v) is 12.5. The smallest absolute Gasteiger partial charge is 0.309 e. The first-order valence-electron chi connectivity index (χ1n) is 10.7. The lowest BCUT2D eigenvalue weighted by Gasteiger charge is -2.12. The van der Waals surface area contributed by atoms with Gasteiger partial charge in [-0.3, -0.25) is 14.9 Å². The van der Waals surface area contributed by atoms with Gasteiger partial charge in [0.1, 0.15) is 5.82 Å². The Balaban J connectivity index is 1.56. The molecule has 0 aliphatic heterocycles. The van der Waals surface area contributed by atoms with Gasteiger partial charge in [0.2, 0.25) is 0 Å². The number of rotatable bonds is 12. The molecule has 0 fully saturated rings. The Kier molecular flexibility index (Phi) is 9.26. The maximum Gasteiger partial charge on any atom is 0.309 e. The summed E-state index contributed by atoms with van der Waals surface area (Å²) in [5.74, 6) is -0.573. The lowest BCUT2D eigenvalue weighted by Crippen LogP contribution is -2.12. The second-order valence-electron chi connectivity index (χ2n) is 7.42. The molecular weight excluding hydrogens is 461 g/mol. The SMILES string of the molecule is CCCCCSc1cc(F)ccc1NCc1ccc(C(=O)Nc2nc(CC(=O)O)cs2)cc1. The summed E-state index contributed by atoms with van der Waals surface area (Å²) in [5, 5.41) is 16.8. The van der Waals surface area contributed by atoms with Gasteiger partial charge >= 0.3 is 5.97 Å². The normalized spacial score (nSPS) is 10.7. The molecule has 0 aliphatic rings. The Morgan fingerprint density at radius 2 is 1.94 bits per heavy atom. The van der Waals surface area contributed by atoms with E-state index in [0.29, 0.717) is 22.9 Å². The summed E-state index contributed by atoms with van der Waals surface area (Å²) < 4.78 is 13.7. The zero-order chi connectivity index (χ0) is 23.6. The number of carboxylic acid groups (broad SMARTS) is 1. The highest BCUT2D eigenvalue weighted by atomic mass is 32.2. The van der Waals surface area contributed by atoms with Crippen molar-refractivity contribution >= 4 is 45.8 Å². The maximum absolute atomic E-state index is 13.7. The van der Waals surface area contributed by atoms with E-state index in [4.69, 9.17) is 5.11 Å². The van der Waals surface area contributed by atoms with Gasteiger partial charge in [-0.15, -0.1) is 23.1 Å². The number of unbranched alkanes of at least 4 members (excludes halogenated alkanes) is 2. The van der Waals surface area contributed by atoms with Crippen LogP contribution in [0.4, 0.5) is 15.2 Å². The monoisotopic (exact) mass is 487 g/mol. The summed E-state index contributed by atoms with van der Waals surface area (Å²) in [4.78, 5) is 28.2. The Morgan fingerprint density at radius 3 is 2.67 bits per heavy atom. The first-order chi connectivity index (χ1) is 15.9. The second-order valence-corrected chi connectivity index (χ2v) is 9.41. The van der Waals surface area contributed by atoms with Crippen molar-refractivity contribution in [2.75, 3.05) is 16.4 Å². The molecule has 3 aromatic rings. The average molecular weight is 488 g/mol. The maximum atomic E-state index is 13.7. The van der Waals surface area contributed by atoms with Crippen LogP contribution in [0.25, 0.3) is 0 Å². The topological polar surface area (TPSA) is 91.3 Å². The number of anilines is 2. The molecule has 0 spiro atoms. The largest absolute Gasteiger partial charge is 0.481 e. The highest BCUT2D eigenvalue weighted by Gasteiger charge is 2.11. The van der Waals surface area contributed by atoms with Gasteiger partial charge in [-0.05, 0) is 48.1 Å². The molecule has 174 valence electrons. The summed E-state index contributed by atoms with van der Waals surface area (Å²) in [7, 11) is 0. The van der Waals surface area contributed by atoms with E-state index in [2.05, 4.69) is 22.5 Å². The van der Waals surface area contributed by atoms with Crippen LogP contribution < -0.4 is 10.6 Å². The molecule has 3 rings (SSSR count).